The third kappa shape index (κ3) is 5.77. The van der Waals surface area contributed by atoms with Crippen molar-refractivity contribution in [2.45, 2.75) is 0 Å². The molecule has 0 aromatic carbocycles. The van der Waals surface area contributed by atoms with Gasteiger partial charge in [-0.1, -0.05) is 37.4 Å². The molecule has 0 unspecified atom stereocenters. The van der Waals surface area contributed by atoms with Crippen LogP contribution in [-0.2, 0) is 27.3 Å². The molecule has 11 heavy (non-hydrogen) atoms. The number of hydrogen-bond acceptors (Lipinski definition) is 2. The molecule has 5 heteroatoms. The van der Waals surface area contributed by atoms with Crippen LogP contribution in [0.4, 0.5) is 0 Å². The van der Waals surface area contributed by atoms with Gasteiger partial charge in [0.05, 0.1) is 0 Å². The molecule has 2 heterocycles. The van der Waals surface area contributed by atoms with Crippen LogP contribution >= 0.6 is 0 Å². The van der Waals surface area contributed by atoms with Crippen molar-refractivity contribution in [2.24, 2.45) is 0 Å². The van der Waals surface area contributed by atoms with Gasteiger partial charge in [0.2, 0.25) is 0 Å². The van der Waals surface area contributed by atoms with Crippen LogP contribution in [0.25, 0.3) is 0 Å². The molecule has 0 spiro atoms. The van der Waals surface area contributed by atoms with Gasteiger partial charge in [0.25, 0.3) is 0 Å². The van der Waals surface area contributed by atoms with Gasteiger partial charge in [-0.2, -0.15) is 0 Å². The molecular formula is C6H6CdN4. The Morgan fingerprint density at radius 1 is 0.818 bits per heavy atom. The van der Waals surface area contributed by atoms with E-state index in [0.29, 0.717) is 0 Å². The molecule has 0 bridgehead atoms. The average Bonchev–Trinajstić information content (AvgIpc) is 2.67. The molecule has 2 aromatic rings. The van der Waals surface area contributed by atoms with Crippen molar-refractivity contribution < 1.29 is 27.3 Å². The van der Waals surface area contributed by atoms with Crippen molar-refractivity contribution >= 4 is 0 Å². The van der Waals surface area contributed by atoms with Crippen LogP contribution in [0.3, 0.4) is 0 Å². The zero-order valence-corrected chi connectivity index (χ0v) is 10.00. The average molecular weight is 247 g/mol. The SMILES string of the molecule is [Cd+2].c1c[n-]cn1.c1c[n-]cn1. The molecule has 0 aliphatic carbocycles. The summed E-state index contributed by atoms with van der Waals surface area (Å²) in [5, 5.41) is 0. The minimum atomic E-state index is 0. The number of aromatic nitrogens is 4. The van der Waals surface area contributed by atoms with Crippen molar-refractivity contribution in [1.29, 1.82) is 0 Å². The van der Waals surface area contributed by atoms with Gasteiger partial charge >= 0.3 is 27.3 Å². The molecule has 0 saturated carbocycles. The van der Waals surface area contributed by atoms with Gasteiger partial charge in [0.1, 0.15) is 0 Å². The summed E-state index contributed by atoms with van der Waals surface area (Å²) in [6, 6.07) is 0. The van der Waals surface area contributed by atoms with E-state index < -0.39 is 0 Å². The van der Waals surface area contributed by atoms with Gasteiger partial charge in [-0.25, -0.2) is 0 Å². The summed E-state index contributed by atoms with van der Waals surface area (Å²) in [6.07, 6.45) is 9.56. The minimum absolute atomic E-state index is 0. The zero-order valence-electron chi connectivity index (χ0n) is 5.96. The molecule has 2 rings (SSSR count). The maximum absolute atomic E-state index is 3.61. The summed E-state index contributed by atoms with van der Waals surface area (Å²) in [4.78, 5) is 14.4. The fourth-order valence-electron chi connectivity index (χ4n) is 0.385. The molecule has 52 valence electrons. The van der Waals surface area contributed by atoms with E-state index in [2.05, 4.69) is 19.9 Å². The zero-order chi connectivity index (χ0) is 7.07. The molecule has 0 aliphatic rings. The summed E-state index contributed by atoms with van der Waals surface area (Å²) in [5.41, 5.74) is 0. The largest absolute Gasteiger partial charge is 2.00 e. The van der Waals surface area contributed by atoms with E-state index in [1.807, 2.05) is 0 Å². The summed E-state index contributed by atoms with van der Waals surface area (Å²) in [5.74, 6) is 0. The maximum atomic E-state index is 3.61. The summed E-state index contributed by atoms with van der Waals surface area (Å²) in [6.45, 7) is 0. The quantitative estimate of drug-likeness (QED) is 0.618. The third-order valence-electron chi connectivity index (χ3n) is 0.744. The molecule has 0 fully saturated rings. The van der Waals surface area contributed by atoms with E-state index in [9.17, 15) is 0 Å². The predicted molar refractivity (Wildman–Crippen MR) is 35.1 cm³/mol. The van der Waals surface area contributed by atoms with Crippen molar-refractivity contribution in [2.75, 3.05) is 0 Å². The Labute approximate surface area is 84.6 Å². The monoisotopic (exact) mass is 248 g/mol. The fraction of sp³-hybridized carbons (Fsp3) is 0. The van der Waals surface area contributed by atoms with Crippen LogP contribution < -0.4 is 9.97 Å². The molecule has 0 radical (unpaired) electrons. The van der Waals surface area contributed by atoms with E-state index in [4.69, 9.17) is 0 Å². The Morgan fingerprint density at radius 2 is 1.27 bits per heavy atom. The van der Waals surface area contributed by atoms with Crippen LogP contribution in [0.15, 0.2) is 37.4 Å². The molecule has 0 N–H and O–H groups in total. The number of nitrogens with zero attached hydrogens (tertiary/aromatic N) is 4. The fourth-order valence-corrected chi connectivity index (χ4v) is 0.385. The van der Waals surface area contributed by atoms with Crippen LogP contribution in [-0.4, -0.2) is 9.97 Å². The van der Waals surface area contributed by atoms with Gasteiger partial charge < -0.3 is 19.9 Å². The first-order valence-electron chi connectivity index (χ1n) is 2.73. The maximum Gasteiger partial charge on any atom is 2.00 e. The van der Waals surface area contributed by atoms with Gasteiger partial charge in [-0.3, -0.25) is 0 Å². The minimum Gasteiger partial charge on any atom is -0.450 e. The smallest absolute Gasteiger partial charge is 0.450 e. The Balaban J connectivity index is 0.000000167. The van der Waals surface area contributed by atoms with Crippen molar-refractivity contribution in [3.63, 3.8) is 0 Å². The van der Waals surface area contributed by atoms with Crippen LogP contribution in [0.1, 0.15) is 0 Å². The Bertz CT molecular complexity index is 154. The first kappa shape index (κ1) is 10.3. The van der Waals surface area contributed by atoms with Crippen molar-refractivity contribution in [3.05, 3.63) is 37.4 Å². The third-order valence-corrected chi connectivity index (χ3v) is 0.744. The molecular weight excluding hydrogens is 241 g/mol. The van der Waals surface area contributed by atoms with E-state index in [1.165, 1.54) is 12.7 Å². The van der Waals surface area contributed by atoms with Gasteiger partial charge in [-0.15, -0.1) is 0 Å². The Morgan fingerprint density at radius 3 is 1.36 bits per heavy atom. The van der Waals surface area contributed by atoms with Crippen LogP contribution in [0.2, 0.25) is 0 Å². The Kier molecular flexibility index (Phi) is 7.00. The predicted octanol–water partition coefficient (Wildman–Crippen LogP) is 0.0751. The van der Waals surface area contributed by atoms with Gasteiger partial charge in [0, 0.05) is 0 Å². The standard InChI is InChI=1S/2C3H3N2.Cd/c2*1-2-5-3-4-1;/h2*1-3H;/q2*-1;+2. The second-order valence-electron chi connectivity index (χ2n) is 1.42. The van der Waals surface area contributed by atoms with E-state index >= 15 is 0 Å². The van der Waals surface area contributed by atoms with Gasteiger partial charge in [-0.05, 0) is 0 Å². The molecule has 0 saturated heterocycles. The summed E-state index contributed by atoms with van der Waals surface area (Å²) < 4.78 is 0. The van der Waals surface area contributed by atoms with E-state index in [1.54, 1.807) is 24.8 Å². The second-order valence-corrected chi connectivity index (χ2v) is 1.42. The number of imidazole rings is 2. The normalized spacial score (nSPS) is 7.27. The Hall–Kier alpha value is -0.658. The summed E-state index contributed by atoms with van der Waals surface area (Å²) >= 11 is 0. The van der Waals surface area contributed by atoms with Crippen molar-refractivity contribution in [3.8, 4) is 0 Å². The molecule has 4 nitrogen and oxygen atoms in total. The number of rotatable bonds is 0. The molecule has 0 amide bonds. The second kappa shape index (κ2) is 7.45. The topological polar surface area (TPSA) is 54.0 Å². The molecule has 0 aliphatic heterocycles. The first-order valence-corrected chi connectivity index (χ1v) is 2.73. The van der Waals surface area contributed by atoms with Crippen molar-refractivity contribution in [1.82, 2.24) is 19.9 Å². The molecule has 2 aromatic heterocycles. The van der Waals surface area contributed by atoms with E-state index in [0.717, 1.165) is 0 Å². The summed E-state index contributed by atoms with van der Waals surface area (Å²) in [7, 11) is 0. The number of hydrogen-bond donors (Lipinski definition) is 0. The van der Waals surface area contributed by atoms with E-state index in [-0.39, 0.29) is 27.3 Å². The van der Waals surface area contributed by atoms with Crippen LogP contribution in [0, 0.1) is 0 Å². The van der Waals surface area contributed by atoms with Crippen LogP contribution in [0.5, 0.6) is 0 Å². The first-order chi connectivity index (χ1) is 5.00. The van der Waals surface area contributed by atoms with Gasteiger partial charge in [0.15, 0.2) is 0 Å². The molecule has 0 atom stereocenters.